The average molecular weight is 373 g/mol. The molecule has 9 heteroatoms. The molecule has 1 aliphatic heterocycles. The number of alkyl halides is 3. The molecule has 0 aliphatic carbocycles. The van der Waals surface area contributed by atoms with Gasteiger partial charge in [0.1, 0.15) is 25.2 Å². The Morgan fingerprint density at radius 3 is 2.85 bits per heavy atom. The van der Waals surface area contributed by atoms with Gasteiger partial charge in [-0.15, -0.1) is 16.6 Å². The maximum absolute atomic E-state index is 12.4. The lowest BCUT2D eigenvalue weighted by Gasteiger charge is -2.10. The van der Waals surface area contributed by atoms with Crippen molar-refractivity contribution in [2.24, 2.45) is 0 Å². The number of hydrogen-bond acceptors (Lipinski definition) is 4. The Labute approximate surface area is 152 Å². The lowest BCUT2D eigenvalue weighted by atomic mass is 10.1. The van der Waals surface area contributed by atoms with Crippen LogP contribution in [0.25, 0.3) is 17.1 Å². The number of nitrogens with zero attached hydrogens (tertiary/aromatic N) is 5. The highest BCUT2D eigenvalue weighted by Crippen LogP contribution is 2.33. The molecule has 0 saturated carbocycles. The van der Waals surface area contributed by atoms with Gasteiger partial charge < -0.3 is 9.30 Å². The van der Waals surface area contributed by atoms with Crippen LogP contribution in [0.1, 0.15) is 22.8 Å². The molecule has 27 heavy (non-hydrogen) atoms. The van der Waals surface area contributed by atoms with Gasteiger partial charge in [0.15, 0.2) is 11.6 Å². The van der Waals surface area contributed by atoms with Crippen LogP contribution in [0.2, 0.25) is 0 Å². The molecule has 3 aromatic rings. The van der Waals surface area contributed by atoms with E-state index in [0.29, 0.717) is 17.3 Å². The van der Waals surface area contributed by atoms with Crippen LogP contribution in [0.3, 0.4) is 0 Å². The number of terminal acetylenes is 1. The second kappa shape index (κ2) is 6.25. The molecule has 0 bridgehead atoms. The van der Waals surface area contributed by atoms with Gasteiger partial charge in [-0.3, -0.25) is 4.57 Å². The molecule has 6 nitrogen and oxygen atoms in total. The van der Waals surface area contributed by atoms with Gasteiger partial charge in [-0.25, -0.2) is 4.98 Å². The number of imidazole rings is 1. The SMILES string of the molecule is C#Cc1ncn2c1Cn1c(COCC(F)(F)F)nnc1-c1cc(C)ccc1-2. The van der Waals surface area contributed by atoms with Gasteiger partial charge in [0.05, 0.1) is 17.9 Å². The first-order valence-electron chi connectivity index (χ1n) is 8.08. The molecule has 0 atom stereocenters. The van der Waals surface area contributed by atoms with Gasteiger partial charge in [-0.2, -0.15) is 13.2 Å². The van der Waals surface area contributed by atoms with Crippen LogP contribution < -0.4 is 0 Å². The standard InChI is InChI=1S/C18H14F3N5O/c1-3-13-15-7-25-16(8-27-9-18(19,20)21)23-24-17(25)12-6-11(2)4-5-14(12)26(15)10-22-13/h1,4-6,10H,7-9H2,2H3. The van der Waals surface area contributed by atoms with Crippen molar-refractivity contribution in [2.75, 3.05) is 6.61 Å². The summed E-state index contributed by atoms with van der Waals surface area (Å²) >= 11 is 0. The Morgan fingerprint density at radius 1 is 1.30 bits per heavy atom. The Morgan fingerprint density at radius 2 is 2.11 bits per heavy atom. The summed E-state index contributed by atoms with van der Waals surface area (Å²) in [6, 6.07) is 5.83. The monoisotopic (exact) mass is 373 g/mol. The first-order chi connectivity index (χ1) is 12.9. The molecule has 3 heterocycles. The lowest BCUT2D eigenvalue weighted by molar-refractivity contribution is -0.177. The van der Waals surface area contributed by atoms with Crippen molar-refractivity contribution in [2.45, 2.75) is 26.3 Å². The molecule has 1 aromatic carbocycles. The first kappa shape index (κ1) is 17.3. The second-order valence-electron chi connectivity index (χ2n) is 6.21. The maximum atomic E-state index is 12.4. The predicted molar refractivity (Wildman–Crippen MR) is 90.1 cm³/mol. The number of rotatable bonds is 3. The number of hydrogen-bond donors (Lipinski definition) is 0. The zero-order valence-electron chi connectivity index (χ0n) is 14.3. The van der Waals surface area contributed by atoms with E-state index in [1.807, 2.05) is 29.7 Å². The lowest BCUT2D eigenvalue weighted by Crippen LogP contribution is -2.18. The molecule has 138 valence electrons. The van der Waals surface area contributed by atoms with E-state index >= 15 is 0 Å². The Bertz CT molecular complexity index is 1060. The fourth-order valence-corrected chi connectivity index (χ4v) is 3.11. The number of fused-ring (bicyclic) bond motifs is 5. The predicted octanol–water partition coefficient (Wildman–Crippen LogP) is 2.86. The van der Waals surface area contributed by atoms with Crippen molar-refractivity contribution in [3.8, 4) is 29.4 Å². The van der Waals surface area contributed by atoms with E-state index in [2.05, 4.69) is 21.1 Å². The molecule has 0 fully saturated rings. The average Bonchev–Trinajstić information content (AvgIpc) is 3.15. The molecular weight excluding hydrogens is 359 g/mol. The van der Waals surface area contributed by atoms with Gasteiger partial charge in [0, 0.05) is 5.56 Å². The quantitative estimate of drug-likeness (QED) is 0.518. The van der Waals surface area contributed by atoms with Crippen molar-refractivity contribution in [1.82, 2.24) is 24.3 Å². The fraction of sp³-hybridized carbons (Fsp3) is 0.278. The molecule has 1 aliphatic rings. The van der Waals surface area contributed by atoms with Crippen LogP contribution >= 0.6 is 0 Å². The third-order valence-corrected chi connectivity index (χ3v) is 4.29. The van der Waals surface area contributed by atoms with E-state index in [-0.39, 0.29) is 13.2 Å². The van der Waals surface area contributed by atoms with Crippen LogP contribution in [-0.2, 0) is 17.9 Å². The van der Waals surface area contributed by atoms with E-state index in [9.17, 15) is 13.2 Å². The third-order valence-electron chi connectivity index (χ3n) is 4.29. The molecule has 0 unspecified atom stereocenters. The zero-order chi connectivity index (χ0) is 19.2. The van der Waals surface area contributed by atoms with Crippen LogP contribution in [0.4, 0.5) is 13.2 Å². The third kappa shape index (κ3) is 3.08. The largest absolute Gasteiger partial charge is 0.411 e. The summed E-state index contributed by atoms with van der Waals surface area (Å²) in [7, 11) is 0. The van der Waals surface area contributed by atoms with E-state index in [0.717, 1.165) is 22.5 Å². The van der Waals surface area contributed by atoms with Crippen molar-refractivity contribution in [1.29, 1.82) is 0 Å². The Kier molecular flexibility index (Phi) is 4.00. The first-order valence-corrected chi connectivity index (χ1v) is 8.08. The minimum atomic E-state index is -4.40. The number of ether oxygens (including phenoxy) is 1. The van der Waals surface area contributed by atoms with Crippen molar-refractivity contribution in [3.05, 3.63) is 47.3 Å². The van der Waals surface area contributed by atoms with Crippen LogP contribution in [0.5, 0.6) is 0 Å². The van der Waals surface area contributed by atoms with E-state index in [1.54, 1.807) is 10.9 Å². The van der Waals surface area contributed by atoms with Gasteiger partial charge in [0.2, 0.25) is 0 Å². The normalized spacial score (nSPS) is 12.7. The minimum absolute atomic E-state index is 0.278. The maximum Gasteiger partial charge on any atom is 0.411 e. The molecule has 2 aromatic heterocycles. The molecule has 0 spiro atoms. The fourth-order valence-electron chi connectivity index (χ4n) is 3.11. The van der Waals surface area contributed by atoms with E-state index in [1.165, 1.54) is 0 Å². The van der Waals surface area contributed by atoms with Crippen molar-refractivity contribution < 1.29 is 17.9 Å². The van der Waals surface area contributed by atoms with Gasteiger partial charge in [-0.1, -0.05) is 11.6 Å². The Balaban J connectivity index is 1.82. The van der Waals surface area contributed by atoms with E-state index < -0.39 is 12.8 Å². The number of halogens is 3. The molecule has 4 rings (SSSR count). The molecule has 0 N–H and O–H groups in total. The summed E-state index contributed by atoms with van der Waals surface area (Å²) < 4.78 is 45.5. The summed E-state index contributed by atoms with van der Waals surface area (Å²) in [6.45, 7) is 0.562. The summed E-state index contributed by atoms with van der Waals surface area (Å²) in [6.07, 6.45) is 2.79. The summed E-state index contributed by atoms with van der Waals surface area (Å²) in [5.41, 5.74) is 3.84. The topological polar surface area (TPSA) is 57.8 Å². The number of aromatic nitrogens is 5. The smallest absolute Gasteiger partial charge is 0.364 e. The Hall–Kier alpha value is -3.12. The molecule has 0 amide bonds. The molecule has 0 radical (unpaired) electrons. The van der Waals surface area contributed by atoms with Crippen LogP contribution in [0, 0.1) is 19.3 Å². The highest BCUT2D eigenvalue weighted by molar-refractivity contribution is 5.70. The van der Waals surface area contributed by atoms with Gasteiger partial charge in [-0.05, 0) is 25.0 Å². The zero-order valence-corrected chi connectivity index (χ0v) is 14.3. The summed E-state index contributed by atoms with van der Waals surface area (Å²) in [5, 5.41) is 8.24. The van der Waals surface area contributed by atoms with Crippen LogP contribution in [0.15, 0.2) is 24.5 Å². The number of benzene rings is 1. The highest BCUT2D eigenvalue weighted by Gasteiger charge is 2.29. The number of aryl methyl sites for hydroxylation is 1. The second-order valence-corrected chi connectivity index (χ2v) is 6.21. The molecule has 0 saturated heterocycles. The van der Waals surface area contributed by atoms with Gasteiger partial charge in [0.25, 0.3) is 0 Å². The van der Waals surface area contributed by atoms with Crippen LogP contribution in [-0.4, -0.2) is 37.1 Å². The molecular formula is C18H14F3N5O. The highest BCUT2D eigenvalue weighted by atomic mass is 19.4. The van der Waals surface area contributed by atoms with Crippen molar-refractivity contribution >= 4 is 0 Å². The minimum Gasteiger partial charge on any atom is -0.364 e. The summed E-state index contributed by atoms with van der Waals surface area (Å²) in [5.74, 6) is 3.38. The van der Waals surface area contributed by atoms with E-state index in [4.69, 9.17) is 11.2 Å². The van der Waals surface area contributed by atoms with Crippen molar-refractivity contribution in [3.63, 3.8) is 0 Å². The summed E-state index contributed by atoms with van der Waals surface area (Å²) in [4.78, 5) is 4.25. The van der Waals surface area contributed by atoms with Gasteiger partial charge >= 0.3 is 6.18 Å².